The number of rotatable bonds is 2. The summed E-state index contributed by atoms with van der Waals surface area (Å²) in [6.07, 6.45) is 7.79. The van der Waals surface area contributed by atoms with E-state index in [2.05, 4.69) is 45.5 Å². The number of anilines is 1. The average molecular weight is 407 g/mol. The van der Waals surface area contributed by atoms with Crippen molar-refractivity contribution in [2.45, 2.75) is 76.2 Å². The molecule has 158 valence electrons. The molecule has 2 saturated carbocycles. The Morgan fingerprint density at radius 1 is 1.17 bits per heavy atom. The second-order valence-corrected chi connectivity index (χ2v) is 10.3. The van der Waals surface area contributed by atoms with E-state index >= 15 is 0 Å². The molecule has 6 rings (SSSR count). The second-order valence-electron chi connectivity index (χ2n) is 10.3. The van der Waals surface area contributed by atoms with Gasteiger partial charge in [-0.2, -0.15) is 4.98 Å². The number of aromatic nitrogens is 2. The highest BCUT2D eigenvalue weighted by molar-refractivity contribution is 6.06. The molecular weight excluding hydrogens is 376 g/mol. The van der Waals surface area contributed by atoms with Crippen molar-refractivity contribution in [3.8, 4) is 0 Å². The van der Waals surface area contributed by atoms with E-state index in [1.165, 1.54) is 43.5 Å². The first-order valence-electron chi connectivity index (χ1n) is 11.4. The van der Waals surface area contributed by atoms with E-state index in [1.807, 2.05) is 6.92 Å². The van der Waals surface area contributed by atoms with Crippen molar-refractivity contribution in [2.75, 3.05) is 18.4 Å². The molecule has 3 heterocycles. The fourth-order valence-corrected chi connectivity index (χ4v) is 6.74. The molecule has 2 spiro atoms. The van der Waals surface area contributed by atoms with Gasteiger partial charge >= 0.3 is 0 Å². The number of carbonyl (C=O) groups excluding carboxylic acids is 1. The predicted molar refractivity (Wildman–Crippen MR) is 113 cm³/mol. The van der Waals surface area contributed by atoms with E-state index in [-0.39, 0.29) is 11.3 Å². The van der Waals surface area contributed by atoms with Gasteiger partial charge in [0.05, 0.1) is 5.41 Å². The summed E-state index contributed by atoms with van der Waals surface area (Å²) in [5.41, 5.74) is 3.65. The van der Waals surface area contributed by atoms with Gasteiger partial charge in [0.25, 0.3) is 0 Å². The topological polar surface area (TPSA) is 71.3 Å². The molecule has 4 aliphatic rings. The van der Waals surface area contributed by atoms with Crippen LogP contribution in [0.1, 0.15) is 73.7 Å². The van der Waals surface area contributed by atoms with E-state index < -0.39 is 0 Å². The summed E-state index contributed by atoms with van der Waals surface area (Å²) in [5, 5.41) is 7.11. The van der Waals surface area contributed by atoms with Crippen LogP contribution in [0, 0.1) is 19.3 Å². The van der Waals surface area contributed by atoms with Crippen LogP contribution < -0.4 is 5.32 Å². The summed E-state index contributed by atoms with van der Waals surface area (Å²) in [5.74, 6) is 2.24. The number of hydrogen-bond acceptors (Lipinski definition) is 5. The van der Waals surface area contributed by atoms with Crippen LogP contribution in [-0.2, 0) is 10.2 Å². The summed E-state index contributed by atoms with van der Waals surface area (Å²) in [6.45, 7) is 6.39. The third-order valence-corrected chi connectivity index (χ3v) is 8.42. The average Bonchev–Trinajstić information content (AvgIpc) is 3.40. The number of carbonyl (C=O) groups is 1. The van der Waals surface area contributed by atoms with Crippen LogP contribution in [0.25, 0.3) is 0 Å². The number of nitrogens with one attached hydrogen (secondary N) is 1. The highest BCUT2D eigenvalue weighted by Crippen LogP contribution is 2.57. The first-order valence-corrected chi connectivity index (χ1v) is 11.4. The van der Waals surface area contributed by atoms with E-state index in [4.69, 9.17) is 4.52 Å². The van der Waals surface area contributed by atoms with Crippen molar-refractivity contribution < 1.29 is 9.32 Å². The van der Waals surface area contributed by atoms with Crippen molar-refractivity contribution >= 4 is 11.6 Å². The normalized spacial score (nSPS) is 35.6. The van der Waals surface area contributed by atoms with Gasteiger partial charge in [0.2, 0.25) is 11.8 Å². The lowest BCUT2D eigenvalue weighted by molar-refractivity contribution is -0.122. The van der Waals surface area contributed by atoms with Crippen molar-refractivity contribution in [2.24, 2.45) is 5.41 Å². The predicted octanol–water partition coefficient (Wildman–Crippen LogP) is 4.09. The van der Waals surface area contributed by atoms with Crippen molar-refractivity contribution in [3.05, 3.63) is 41.0 Å². The molecule has 1 N–H and O–H groups in total. The molecule has 2 aromatic rings. The zero-order valence-corrected chi connectivity index (χ0v) is 17.9. The van der Waals surface area contributed by atoms with Crippen molar-refractivity contribution in [3.63, 3.8) is 0 Å². The molecule has 6 nitrogen and oxygen atoms in total. The first-order chi connectivity index (χ1) is 14.5. The Bertz CT molecular complexity index is 998. The van der Waals surface area contributed by atoms with E-state index in [0.29, 0.717) is 17.4 Å². The SMILES string of the molecule is Cc1ccc2c(c1)C1(CCC(N3CCC4(CC(c5nc(C)no5)C4)C3)CC1)C(=O)N2. The van der Waals surface area contributed by atoms with Crippen LogP contribution in [0.4, 0.5) is 5.69 Å². The van der Waals surface area contributed by atoms with Crippen LogP contribution >= 0.6 is 0 Å². The molecule has 1 aromatic heterocycles. The van der Waals surface area contributed by atoms with Crippen LogP contribution in [0.2, 0.25) is 0 Å². The summed E-state index contributed by atoms with van der Waals surface area (Å²) in [4.78, 5) is 20.1. The number of nitrogens with zero attached hydrogens (tertiary/aromatic N) is 3. The maximum Gasteiger partial charge on any atom is 0.235 e. The molecular formula is C24H30N4O2. The summed E-state index contributed by atoms with van der Waals surface area (Å²) >= 11 is 0. The Morgan fingerprint density at radius 3 is 2.70 bits per heavy atom. The van der Waals surface area contributed by atoms with Gasteiger partial charge < -0.3 is 9.84 Å². The van der Waals surface area contributed by atoms with Gasteiger partial charge in [0, 0.05) is 24.2 Å². The van der Waals surface area contributed by atoms with Gasteiger partial charge in [-0.3, -0.25) is 9.69 Å². The molecule has 1 aromatic carbocycles. The van der Waals surface area contributed by atoms with Gasteiger partial charge in [-0.1, -0.05) is 22.9 Å². The summed E-state index contributed by atoms with van der Waals surface area (Å²) in [7, 11) is 0. The Labute approximate surface area is 177 Å². The van der Waals surface area contributed by atoms with Gasteiger partial charge in [-0.15, -0.1) is 0 Å². The lowest BCUT2D eigenvalue weighted by Crippen LogP contribution is -2.46. The Kier molecular flexibility index (Phi) is 3.95. The standard InChI is InChI=1S/C24H30N4O2/c1-15-3-4-20-19(11-15)24(22(29)26-20)7-5-18(6-8-24)28-10-9-23(14-28)12-17(13-23)21-25-16(2)27-30-21/h3-4,11,17-18H,5-10,12-14H2,1-2H3,(H,26,29). The van der Waals surface area contributed by atoms with Gasteiger partial charge in [0.15, 0.2) is 5.82 Å². The van der Waals surface area contributed by atoms with Crippen LogP contribution in [0.15, 0.2) is 22.7 Å². The molecule has 6 heteroatoms. The molecule has 1 amide bonds. The molecule has 0 atom stereocenters. The monoisotopic (exact) mass is 406 g/mol. The van der Waals surface area contributed by atoms with Crippen molar-refractivity contribution in [1.29, 1.82) is 0 Å². The number of fused-ring (bicyclic) bond motifs is 2. The largest absolute Gasteiger partial charge is 0.339 e. The first kappa shape index (κ1) is 18.6. The third kappa shape index (κ3) is 2.69. The fourth-order valence-electron chi connectivity index (χ4n) is 6.74. The molecule has 2 aliphatic carbocycles. The molecule has 0 bridgehead atoms. The van der Waals surface area contributed by atoms with Gasteiger partial charge in [-0.05, 0) is 82.4 Å². The molecule has 0 radical (unpaired) electrons. The maximum atomic E-state index is 12.9. The second kappa shape index (κ2) is 6.39. The molecule has 1 saturated heterocycles. The zero-order chi connectivity index (χ0) is 20.5. The highest BCUT2D eigenvalue weighted by atomic mass is 16.5. The number of amides is 1. The molecule has 3 fully saturated rings. The molecule has 30 heavy (non-hydrogen) atoms. The van der Waals surface area contributed by atoms with E-state index in [0.717, 1.165) is 43.1 Å². The van der Waals surface area contributed by atoms with Crippen LogP contribution in [0.5, 0.6) is 0 Å². The smallest absolute Gasteiger partial charge is 0.235 e. The van der Waals surface area contributed by atoms with E-state index in [1.54, 1.807) is 0 Å². The minimum absolute atomic E-state index is 0.219. The molecule has 2 aliphatic heterocycles. The zero-order valence-electron chi connectivity index (χ0n) is 17.9. The van der Waals surface area contributed by atoms with E-state index in [9.17, 15) is 4.79 Å². The summed E-state index contributed by atoms with van der Waals surface area (Å²) < 4.78 is 5.40. The van der Waals surface area contributed by atoms with Crippen LogP contribution in [-0.4, -0.2) is 40.1 Å². The minimum atomic E-state index is -0.299. The fraction of sp³-hybridized carbons (Fsp3) is 0.625. The highest BCUT2D eigenvalue weighted by Gasteiger charge is 2.53. The number of aryl methyl sites for hydroxylation is 2. The van der Waals surface area contributed by atoms with Crippen LogP contribution in [0.3, 0.4) is 0 Å². The summed E-state index contributed by atoms with van der Waals surface area (Å²) in [6, 6.07) is 7.01. The Hall–Kier alpha value is -2.21. The van der Waals surface area contributed by atoms with Gasteiger partial charge in [0.1, 0.15) is 0 Å². The van der Waals surface area contributed by atoms with Gasteiger partial charge in [-0.25, -0.2) is 0 Å². The minimum Gasteiger partial charge on any atom is -0.339 e. The van der Waals surface area contributed by atoms with Crippen molar-refractivity contribution in [1.82, 2.24) is 15.0 Å². The maximum absolute atomic E-state index is 12.9. The lowest BCUT2D eigenvalue weighted by atomic mass is 9.61. The third-order valence-electron chi connectivity index (χ3n) is 8.42. The Morgan fingerprint density at radius 2 is 1.97 bits per heavy atom. The lowest BCUT2D eigenvalue weighted by Gasteiger charge is -2.45. The quantitative estimate of drug-likeness (QED) is 0.813. The number of hydrogen-bond donors (Lipinski definition) is 1. The number of likely N-dealkylation sites (tertiary alicyclic amines) is 1. The Balaban J connectivity index is 1.11. The number of benzene rings is 1. The molecule has 0 unspecified atom stereocenters.